The van der Waals surface area contributed by atoms with Crippen molar-refractivity contribution < 1.29 is 19.0 Å². The summed E-state index contributed by atoms with van der Waals surface area (Å²) < 4.78 is 17.0. The van der Waals surface area contributed by atoms with Crippen molar-refractivity contribution in [3.63, 3.8) is 0 Å². The molecule has 6 nitrogen and oxygen atoms in total. The number of hydrogen-bond acceptors (Lipinski definition) is 5. The average molecular weight is 421 g/mol. The molecule has 1 N–H and O–H groups in total. The van der Waals surface area contributed by atoms with Crippen LogP contribution in [0.25, 0.3) is 0 Å². The van der Waals surface area contributed by atoms with Crippen LogP contribution in [0.15, 0.2) is 46.0 Å². The second-order valence-corrected chi connectivity index (χ2v) is 5.97. The Labute approximate surface area is 161 Å². The molecule has 0 spiro atoms. The first-order chi connectivity index (χ1) is 12.6. The number of rotatable bonds is 8. The Kier molecular flexibility index (Phi) is 7.47. The number of hydrazone groups is 1. The maximum absolute atomic E-state index is 12.2. The normalized spacial score (nSPS) is 10.6. The lowest BCUT2D eigenvalue weighted by atomic mass is 10.2. The van der Waals surface area contributed by atoms with Crippen molar-refractivity contribution in [2.45, 2.75) is 13.8 Å². The number of hydrogen-bond donors (Lipinski definition) is 1. The van der Waals surface area contributed by atoms with E-state index < -0.39 is 0 Å². The molecule has 0 saturated heterocycles. The Balaban J connectivity index is 2.04. The Hall–Kier alpha value is -2.54. The Morgan fingerprint density at radius 2 is 1.77 bits per heavy atom. The van der Waals surface area contributed by atoms with Crippen LogP contribution in [0.3, 0.4) is 0 Å². The molecule has 0 unspecified atom stereocenters. The van der Waals surface area contributed by atoms with Crippen molar-refractivity contribution in [3.05, 3.63) is 52.0 Å². The summed E-state index contributed by atoms with van der Waals surface area (Å²) in [6.45, 7) is 4.92. The van der Waals surface area contributed by atoms with Gasteiger partial charge in [-0.1, -0.05) is 0 Å². The molecule has 1 amide bonds. The van der Waals surface area contributed by atoms with Crippen LogP contribution in [0.4, 0.5) is 0 Å². The van der Waals surface area contributed by atoms with Gasteiger partial charge in [-0.2, -0.15) is 5.10 Å². The molecule has 0 aliphatic rings. The van der Waals surface area contributed by atoms with Crippen molar-refractivity contribution in [3.8, 4) is 17.2 Å². The highest BCUT2D eigenvalue weighted by Gasteiger charge is 2.10. The van der Waals surface area contributed by atoms with E-state index in [1.165, 1.54) is 7.11 Å². The van der Waals surface area contributed by atoms with Crippen molar-refractivity contribution in [2.75, 3.05) is 20.3 Å². The van der Waals surface area contributed by atoms with Gasteiger partial charge >= 0.3 is 0 Å². The first kappa shape index (κ1) is 19.8. The van der Waals surface area contributed by atoms with Gasteiger partial charge in [0.25, 0.3) is 5.91 Å². The molecule has 26 heavy (non-hydrogen) atoms. The molecule has 0 heterocycles. The molecule has 0 fully saturated rings. The molecule has 0 radical (unpaired) electrons. The maximum atomic E-state index is 12.2. The number of ether oxygens (including phenoxy) is 3. The van der Waals surface area contributed by atoms with Gasteiger partial charge in [-0.25, -0.2) is 5.43 Å². The van der Waals surface area contributed by atoms with Gasteiger partial charge in [-0.3, -0.25) is 4.79 Å². The van der Waals surface area contributed by atoms with Crippen LogP contribution in [0.5, 0.6) is 17.2 Å². The van der Waals surface area contributed by atoms with Crippen LogP contribution in [0.2, 0.25) is 0 Å². The first-order valence-electron chi connectivity index (χ1n) is 8.15. The molecular weight excluding hydrogens is 400 g/mol. The number of nitrogens with zero attached hydrogens (tertiary/aromatic N) is 1. The Morgan fingerprint density at radius 1 is 1.08 bits per heavy atom. The van der Waals surface area contributed by atoms with Crippen molar-refractivity contribution in [2.24, 2.45) is 5.10 Å². The summed E-state index contributed by atoms with van der Waals surface area (Å²) in [5.41, 5.74) is 3.75. The zero-order valence-corrected chi connectivity index (χ0v) is 16.5. The molecule has 2 rings (SSSR count). The molecule has 0 atom stereocenters. The van der Waals surface area contributed by atoms with Gasteiger partial charge < -0.3 is 14.2 Å². The predicted molar refractivity (Wildman–Crippen MR) is 105 cm³/mol. The fraction of sp³-hybridized carbons (Fsp3) is 0.263. The topological polar surface area (TPSA) is 69.2 Å². The molecule has 0 aliphatic heterocycles. The fourth-order valence-corrected chi connectivity index (χ4v) is 2.69. The minimum Gasteiger partial charge on any atom is -0.493 e. The second-order valence-electron chi connectivity index (χ2n) is 5.12. The van der Waals surface area contributed by atoms with Gasteiger partial charge in [0.2, 0.25) is 0 Å². The largest absolute Gasteiger partial charge is 0.493 e. The quantitative estimate of drug-likeness (QED) is 0.517. The summed E-state index contributed by atoms with van der Waals surface area (Å²) in [6.07, 6.45) is 1.56. The number of carbonyl (C=O) groups is 1. The highest BCUT2D eigenvalue weighted by Crippen LogP contribution is 2.28. The van der Waals surface area contributed by atoms with E-state index in [1.807, 2.05) is 32.0 Å². The summed E-state index contributed by atoms with van der Waals surface area (Å²) >= 11 is 3.44. The van der Waals surface area contributed by atoms with Crippen LogP contribution in [-0.4, -0.2) is 32.4 Å². The van der Waals surface area contributed by atoms with Gasteiger partial charge in [0.1, 0.15) is 5.75 Å². The first-order valence-corrected chi connectivity index (χ1v) is 8.94. The lowest BCUT2D eigenvalue weighted by Gasteiger charge is -2.10. The van der Waals surface area contributed by atoms with Crippen molar-refractivity contribution in [1.82, 2.24) is 5.43 Å². The molecule has 0 aromatic heterocycles. The summed E-state index contributed by atoms with van der Waals surface area (Å²) in [6, 6.07) is 10.5. The number of amides is 1. The summed E-state index contributed by atoms with van der Waals surface area (Å²) in [7, 11) is 1.53. The zero-order valence-electron chi connectivity index (χ0n) is 14.9. The van der Waals surface area contributed by atoms with E-state index in [-0.39, 0.29) is 5.91 Å². The minimum atomic E-state index is -0.340. The van der Waals surface area contributed by atoms with Gasteiger partial charge in [-0.15, -0.1) is 0 Å². The Bertz CT molecular complexity index is 793. The van der Waals surface area contributed by atoms with Gasteiger partial charge in [-0.05, 0) is 71.7 Å². The number of halogens is 1. The van der Waals surface area contributed by atoms with E-state index in [2.05, 4.69) is 26.5 Å². The lowest BCUT2D eigenvalue weighted by molar-refractivity contribution is 0.0954. The van der Waals surface area contributed by atoms with E-state index in [9.17, 15) is 4.79 Å². The predicted octanol–water partition coefficient (Wildman–Crippen LogP) is 4.02. The van der Waals surface area contributed by atoms with Gasteiger partial charge in [0, 0.05) is 5.56 Å². The standard InChI is InChI=1S/C19H21BrN2O4/c1-4-25-16-8-6-13(10-15(16)20)12-21-22-19(23)14-7-9-17(26-5-2)18(11-14)24-3/h6-12H,4-5H2,1-3H3,(H,22,23)/b21-12+. The SMILES string of the molecule is CCOc1ccc(/C=N/NC(=O)c2ccc(OCC)c(OC)c2)cc1Br. The summed E-state index contributed by atoms with van der Waals surface area (Å²) in [4.78, 5) is 12.2. The van der Waals surface area contributed by atoms with Crippen LogP contribution in [0, 0.1) is 0 Å². The number of methoxy groups -OCH3 is 1. The minimum absolute atomic E-state index is 0.340. The second kappa shape index (κ2) is 9.82. The summed E-state index contributed by atoms with van der Waals surface area (Å²) in [5, 5.41) is 3.99. The van der Waals surface area contributed by atoms with Gasteiger partial charge in [0.15, 0.2) is 11.5 Å². The number of nitrogens with one attached hydrogen (secondary N) is 1. The molecule has 0 bridgehead atoms. The van der Waals surface area contributed by atoms with E-state index in [0.717, 1.165) is 15.8 Å². The number of carbonyl (C=O) groups excluding carboxylic acids is 1. The molecular formula is C19H21BrN2O4. The van der Waals surface area contributed by atoms with Crippen LogP contribution >= 0.6 is 15.9 Å². The molecule has 0 aliphatic carbocycles. The third-order valence-electron chi connectivity index (χ3n) is 3.36. The van der Waals surface area contributed by atoms with E-state index in [4.69, 9.17) is 14.2 Å². The van der Waals surface area contributed by atoms with E-state index in [0.29, 0.717) is 30.3 Å². The van der Waals surface area contributed by atoms with Crippen LogP contribution < -0.4 is 19.6 Å². The highest BCUT2D eigenvalue weighted by atomic mass is 79.9. The Morgan fingerprint density at radius 3 is 2.42 bits per heavy atom. The molecule has 138 valence electrons. The third-order valence-corrected chi connectivity index (χ3v) is 3.98. The summed E-state index contributed by atoms with van der Waals surface area (Å²) in [5.74, 6) is 1.51. The third kappa shape index (κ3) is 5.23. The molecule has 7 heteroatoms. The molecule has 2 aromatic carbocycles. The highest BCUT2D eigenvalue weighted by molar-refractivity contribution is 9.10. The monoisotopic (exact) mass is 420 g/mol. The molecule has 2 aromatic rings. The number of benzene rings is 2. The van der Waals surface area contributed by atoms with E-state index >= 15 is 0 Å². The maximum Gasteiger partial charge on any atom is 0.271 e. The fourth-order valence-electron chi connectivity index (χ4n) is 2.18. The lowest BCUT2D eigenvalue weighted by Crippen LogP contribution is -2.17. The zero-order chi connectivity index (χ0) is 18.9. The van der Waals surface area contributed by atoms with E-state index in [1.54, 1.807) is 24.4 Å². The smallest absolute Gasteiger partial charge is 0.271 e. The van der Waals surface area contributed by atoms with Crippen molar-refractivity contribution >= 4 is 28.1 Å². The van der Waals surface area contributed by atoms with Gasteiger partial charge in [0.05, 0.1) is 31.0 Å². The van der Waals surface area contributed by atoms with Crippen LogP contribution in [-0.2, 0) is 0 Å². The van der Waals surface area contributed by atoms with Crippen molar-refractivity contribution in [1.29, 1.82) is 0 Å². The molecule has 0 saturated carbocycles. The van der Waals surface area contributed by atoms with Crippen LogP contribution in [0.1, 0.15) is 29.8 Å². The average Bonchev–Trinajstić information content (AvgIpc) is 2.64.